The quantitative estimate of drug-likeness (QED) is 0.771. The number of benzene rings is 2. The first-order chi connectivity index (χ1) is 9.65. The molecule has 20 heavy (non-hydrogen) atoms. The number of hydrogen-bond acceptors (Lipinski definition) is 3. The molecule has 2 N–H and O–H groups in total. The van der Waals surface area contributed by atoms with E-state index in [1.807, 2.05) is 13.0 Å². The fraction of sp³-hybridized carbons (Fsp3) is 0.176. The van der Waals surface area contributed by atoms with Gasteiger partial charge in [-0.1, -0.05) is 35.9 Å². The molecule has 3 heteroatoms. The summed E-state index contributed by atoms with van der Waals surface area (Å²) in [5.74, 6) is 0.684. The van der Waals surface area contributed by atoms with Gasteiger partial charge >= 0.3 is 0 Å². The summed E-state index contributed by atoms with van der Waals surface area (Å²) in [7, 11) is 0. The molecule has 0 aliphatic heterocycles. The minimum Gasteiger partial charge on any atom is -0.324 e. The van der Waals surface area contributed by atoms with Gasteiger partial charge in [0.05, 0.1) is 12.2 Å². The van der Waals surface area contributed by atoms with Crippen molar-refractivity contribution in [3.63, 3.8) is 0 Å². The van der Waals surface area contributed by atoms with Crippen molar-refractivity contribution in [1.29, 1.82) is 0 Å². The SMILES string of the molecule is Cc1ccc2cc(-c3cc(C)nc(CN)n3)ccc2c1. The molecule has 0 saturated heterocycles. The zero-order valence-corrected chi connectivity index (χ0v) is 11.7. The summed E-state index contributed by atoms with van der Waals surface area (Å²) in [5.41, 5.74) is 9.89. The first-order valence-corrected chi connectivity index (χ1v) is 6.71. The van der Waals surface area contributed by atoms with Crippen LogP contribution in [-0.4, -0.2) is 9.97 Å². The van der Waals surface area contributed by atoms with Gasteiger partial charge in [-0.3, -0.25) is 0 Å². The Bertz CT molecular complexity index is 778. The first kappa shape index (κ1) is 12.8. The summed E-state index contributed by atoms with van der Waals surface area (Å²) in [6, 6.07) is 14.9. The highest BCUT2D eigenvalue weighted by atomic mass is 14.9. The lowest BCUT2D eigenvalue weighted by molar-refractivity contribution is 0.894. The molecule has 2 aromatic carbocycles. The Morgan fingerprint density at radius 1 is 0.900 bits per heavy atom. The van der Waals surface area contributed by atoms with E-state index in [0.717, 1.165) is 17.0 Å². The van der Waals surface area contributed by atoms with Crippen molar-refractivity contribution in [2.45, 2.75) is 20.4 Å². The lowest BCUT2D eigenvalue weighted by Gasteiger charge is -2.07. The van der Waals surface area contributed by atoms with Gasteiger partial charge in [-0.05, 0) is 36.8 Å². The van der Waals surface area contributed by atoms with Crippen LogP contribution in [0.15, 0.2) is 42.5 Å². The van der Waals surface area contributed by atoms with Crippen LogP contribution in [0, 0.1) is 13.8 Å². The van der Waals surface area contributed by atoms with Gasteiger partial charge in [0.2, 0.25) is 0 Å². The highest BCUT2D eigenvalue weighted by Gasteiger charge is 2.05. The third kappa shape index (κ3) is 2.40. The second kappa shape index (κ2) is 5.02. The van der Waals surface area contributed by atoms with Crippen molar-refractivity contribution >= 4 is 10.8 Å². The standard InChI is InChI=1S/C17H17N3/c1-11-3-4-14-9-15(6-5-13(14)7-11)16-8-12(2)19-17(10-18)20-16/h3-9H,10,18H2,1-2H3. The number of nitrogens with two attached hydrogens (primary N) is 1. The molecule has 0 spiro atoms. The Hall–Kier alpha value is -2.26. The predicted octanol–water partition coefficient (Wildman–Crippen LogP) is 3.37. The number of aryl methyl sites for hydroxylation is 2. The molecular formula is C17H17N3. The average Bonchev–Trinajstić information content (AvgIpc) is 2.46. The van der Waals surface area contributed by atoms with Gasteiger partial charge in [0.25, 0.3) is 0 Å². The molecule has 0 unspecified atom stereocenters. The molecule has 3 aromatic rings. The second-order valence-electron chi connectivity index (χ2n) is 5.08. The van der Waals surface area contributed by atoms with E-state index in [9.17, 15) is 0 Å². The molecule has 0 radical (unpaired) electrons. The molecule has 3 nitrogen and oxygen atoms in total. The van der Waals surface area contributed by atoms with Crippen LogP contribution < -0.4 is 5.73 Å². The van der Waals surface area contributed by atoms with Crippen LogP contribution in [0.25, 0.3) is 22.0 Å². The fourth-order valence-electron chi connectivity index (χ4n) is 2.39. The van der Waals surface area contributed by atoms with Gasteiger partial charge in [-0.2, -0.15) is 0 Å². The van der Waals surface area contributed by atoms with Crippen molar-refractivity contribution in [2.75, 3.05) is 0 Å². The van der Waals surface area contributed by atoms with Crippen LogP contribution in [0.1, 0.15) is 17.1 Å². The maximum absolute atomic E-state index is 5.65. The lowest BCUT2D eigenvalue weighted by Crippen LogP contribution is -2.05. The molecule has 0 bridgehead atoms. The molecule has 1 heterocycles. The predicted molar refractivity (Wildman–Crippen MR) is 82.3 cm³/mol. The van der Waals surface area contributed by atoms with Crippen molar-refractivity contribution in [1.82, 2.24) is 9.97 Å². The summed E-state index contributed by atoms with van der Waals surface area (Å²) in [6.45, 7) is 4.44. The zero-order valence-electron chi connectivity index (χ0n) is 11.7. The Labute approximate surface area is 118 Å². The maximum Gasteiger partial charge on any atom is 0.142 e. The Kier molecular flexibility index (Phi) is 3.20. The molecule has 0 aliphatic rings. The topological polar surface area (TPSA) is 51.8 Å². The number of fused-ring (bicyclic) bond motifs is 1. The van der Waals surface area contributed by atoms with Crippen molar-refractivity contribution in [3.8, 4) is 11.3 Å². The van der Waals surface area contributed by atoms with E-state index in [1.165, 1.54) is 16.3 Å². The zero-order chi connectivity index (χ0) is 14.1. The molecule has 0 amide bonds. The molecule has 100 valence electrons. The van der Waals surface area contributed by atoms with Crippen LogP contribution in [0.3, 0.4) is 0 Å². The highest BCUT2D eigenvalue weighted by molar-refractivity contribution is 5.87. The molecular weight excluding hydrogens is 246 g/mol. The van der Waals surface area contributed by atoms with E-state index in [4.69, 9.17) is 5.73 Å². The second-order valence-corrected chi connectivity index (χ2v) is 5.08. The summed E-state index contributed by atoms with van der Waals surface area (Å²) >= 11 is 0. The Balaban J connectivity index is 2.14. The third-order valence-corrected chi connectivity index (χ3v) is 3.37. The summed E-state index contributed by atoms with van der Waals surface area (Å²) in [5, 5.41) is 2.47. The smallest absolute Gasteiger partial charge is 0.142 e. The van der Waals surface area contributed by atoms with Crippen molar-refractivity contribution < 1.29 is 0 Å². The molecule has 0 aliphatic carbocycles. The largest absolute Gasteiger partial charge is 0.324 e. The van der Waals surface area contributed by atoms with Crippen molar-refractivity contribution in [3.05, 3.63) is 59.5 Å². The lowest BCUT2D eigenvalue weighted by atomic mass is 10.0. The highest BCUT2D eigenvalue weighted by Crippen LogP contribution is 2.24. The van der Waals surface area contributed by atoms with E-state index in [1.54, 1.807) is 0 Å². The van der Waals surface area contributed by atoms with Crippen molar-refractivity contribution in [2.24, 2.45) is 5.73 Å². The van der Waals surface area contributed by atoms with Crippen LogP contribution >= 0.6 is 0 Å². The van der Waals surface area contributed by atoms with Gasteiger partial charge in [0.15, 0.2) is 0 Å². The Morgan fingerprint density at radius 3 is 2.45 bits per heavy atom. The van der Waals surface area contributed by atoms with E-state index >= 15 is 0 Å². The normalized spacial score (nSPS) is 10.9. The van der Waals surface area contributed by atoms with Gasteiger partial charge in [-0.25, -0.2) is 9.97 Å². The first-order valence-electron chi connectivity index (χ1n) is 6.71. The number of nitrogens with zero attached hydrogens (tertiary/aromatic N) is 2. The van der Waals surface area contributed by atoms with E-state index < -0.39 is 0 Å². The molecule has 0 atom stereocenters. The van der Waals surface area contributed by atoms with Gasteiger partial charge in [-0.15, -0.1) is 0 Å². The summed E-state index contributed by atoms with van der Waals surface area (Å²) in [4.78, 5) is 8.83. The fourth-order valence-corrected chi connectivity index (χ4v) is 2.39. The maximum atomic E-state index is 5.65. The molecule has 1 aromatic heterocycles. The Morgan fingerprint density at radius 2 is 1.65 bits per heavy atom. The van der Waals surface area contributed by atoms with E-state index in [0.29, 0.717) is 12.4 Å². The molecule has 0 fully saturated rings. The molecule has 3 rings (SSSR count). The van der Waals surface area contributed by atoms with Gasteiger partial charge in [0, 0.05) is 11.3 Å². The third-order valence-electron chi connectivity index (χ3n) is 3.37. The number of hydrogen-bond donors (Lipinski definition) is 1. The number of rotatable bonds is 2. The summed E-state index contributed by atoms with van der Waals surface area (Å²) in [6.07, 6.45) is 0. The number of aromatic nitrogens is 2. The molecule has 0 saturated carbocycles. The van der Waals surface area contributed by atoms with E-state index in [2.05, 4.69) is 53.3 Å². The van der Waals surface area contributed by atoms with Crippen LogP contribution in [0.5, 0.6) is 0 Å². The van der Waals surface area contributed by atoms with Gasteiger partial charge in [0.1, 0.15) is 5.82 Å². The van der Waals surface area contributed by atoms with Crippen LogP contribution in [0.4, 0.5) is 0 Å². The van der Waals surface area contributed by atoms with Crippen LogP contribution in [0.2, 0.25) is 0 Å². The summed E-state index contributed by atoms with van der Waals surface area (Å²) < 4.78 is 0. The van der Waals surface area contributed by atoms with Crippen LogP contribution in [-0.2, 0) is 6.54 Å². The van der Waals surface area contributed by atoms with E-state index in [-0.39, 0.29) is 0 Å². The average molecular weight is 263 g/mol. The monoisotopic (exact) mass is 263 g/mol. The minimum absolute atomic E-state index is 0.363. The van der Waals surface area contributed by atoms with Gasteiger partial charge < -0.3 is 5.73 Å². The minimum atomic E-state index is 0.363.